The molecule has 2 N–H and O–H groups in total. The monoisotopic (exact) mass is 309 g/mol. The van der Waals surface area contributed by atoms with Crippen molar-refractivity contribution in [1.82, 2.24) is 24.9 Å². The van der Waals surface area contributed by atoms with Crippen molar-refractivity contribution in [2.24, 2.45) is 0 Å². The smallest absolute Gasteiger partial charge is 0.326 e. The molecule has 9 heteroatoms. The van der Waals surface area contributed by atoms with Gasteiger partial charge in [0, 0.05) is 6.20 Å². The number of nitrogens with one attached hydrogen (secondary N) is 1. The second kappa shape index (κ2) is 6.53. The third-order valence-corrected chi connectivity index (χ3v) is 3.65. The summed E-state index contributed by atoms with van der Waals surface area (Å²) in [5.74, 6) is -0.492. The number of hydrogen-bond acceptors (Lipinski definition) is 6. The van der Waals surface area contributed by atoms with E-state index in [1.807, 2.05) is 6.26 Å². The van der Waals surface area contributed by atoms with Gasteiger partial charge >= 0.3 is 5.97 Å². The molecular weight excluding hydrogens is 294 g/mol. The lowest BCUT2D eigenvalue weighted by molar-refractivity contribution is -0.139. The Bertz CT molecular complexity index is 672. The van der Waals surface area contributed by atoms with Crippen LogP contribution < -0.4 is 5.32 Å². The fourth-order valence-corrected chi connectivity index (χ4v) is 2.31. The number of fused-ring (bicyclic) bond motifs is 1. The zero-order valence-electron chi connectivity index (χ0n) is 11.6. The van der Waals surface area contributed by atoms with E-state index in [1.54, 1.807) is 6.92 Å². The van der Waals surface area contributed by atoms with Gasteiger partial charge in [0.05, 0.1) is 11.3 Å². The standard InChI is InChI=1S/C12H15N5O3S/c1-7-8(5-13-12-14-6-15-17(7)12)10(18)16-9(11(19)20)3-4-21-2/h5-6,9H,3-4H2,1-2H3,(H,16,18)(H,19,20)/t9-/m1/s1. The highest BCUT2D eigenvalue weighted by Crippen LogP contribution is 2.09. The lowest BCUT2D eigenvalue weighted by Crippen LogP contribution is -2.41. The molecule has 0 bridgehead atoms. The van der Waals surface area contributed by atoms with Crippen LogP contribution in [0.1, 0.15) is 22.5 Å². The van der Waals surface area contributed by atoms with Crippen molar-refractivity contribution >= 4 is 29.4 Å². The van der Waals surface area contributed by atoms with Crippen LogP contribution in [0.2, 0.25) is 0 Å². The van der Waals surface area contributed by atoms with Crippen molar-refractivity contribution in [3.63, 3.8) is 0 Å². The maximum Gasteiger partial charge on any atom is 0.326 e. The van der Waals surface area contributed by atoms with Crippen LogP contribution in [0.4, 0.5) is 0 Å². The fourth-order valence-electron chi connectivity index (χ4n) is 1.84. The molecule has 0 aromatic carbocycles. The van der Waals surface area contributed by atoms with Crippen molar-refractivity contribution in [1.29, 1.82) is 0 Å². The third-order valence-electron chi connectivity index (χ3n) is 3.01. The minimum Gasteiger partial charge on any atom is -0.480 e. The van der Waals surface area contributed by atoms with Crippen molar-refractivity contribution in [3.05, 3.63) is 23.8 Å². The molecule has 0 radical (unpaired) electrons. The number of nitrogens with zero attached hydrogens (tertiary/aromatic N) is 4. The minimum atomic E-state index is -1.05. The van der Waals surface area contributed by atoms with E-state index in [2.05, 4.69) is 20.4 Å². The first-order chi connectivity index (χ1) is 10.0. The van der Waals surface area contributed by atoms with Crippen LogP contribution in [0.5, 0.6) is 0 Å². The molecule has 8 nitrogen and oxygen atoms in total. The molecule has 112 valence electrons. The Hall–Kier alpha value is -2.16. The topological polar surface area (TPSA) is 109 Å². The van der Waals surface area contributed by atoms with Crippen molar-refractivity contribution in [2.75, 3.05) is 12.0 Å². The Kier molecular flexibility index (Phi) is 4.73. The summed E-state index contributed by atoms with van der Waals surface area (Å²) in [6.45, 7) is 1.70. The summed E-state index contributed by atoms with van der Waals surface area (Å²) in [5.41, 5.74) is 0.840. The highest BCUT2D eigenvalue weighted by atomic mass is 32.2. The van der Waals surface area contributed by atoms with Crippen molar-refractivity contribution < 1.29 is 14.7 Å². The van der Waals surface area contributed by atoms with Gasteiger partial charge in [-0.25, -0.2) is 14.3 Å². The molecule has 0 fully saturated rings. The van der Waals surface area contributed by atoms with Gasteiger partial charge in [0.15, 0.2) is 0 Å². The minimum absolute atomic E-state index is 0.281. The van der Waals surface area contributed by atoms with E-state index in [0.29, 0.717) is 23.6 Å². The van der Waals surface area contributed by atoms with E-state index in [9.17, 15) is 9.59 Å². The quantitative estimate of drug-likeness (QED) is 0.793. The van der Waals surface area contributed by atoms with Gasteiger partial charge in [-0.05, 0) is 25.4 Å². The van der Waals surface area contributed by atoms with Crippen LogP contribution in [0.25, 0.3) is 5.78 Å². The normalized spacial score (nSPS) is 12.3. The Morgan fingerprint density at radius 2 is 2.24 bits per heavy atom. The molecule has 0 aliphatic heterocycles. The van der Waals surface area contributed by atoms with Crippen LogP contribution >= 0.6 is 11.8 Å². The largest absolute Gasteiger partial charge is 0.480 e. The number of carboxylic acids is 1. The highest BCUT2D eigenvalue weighted by molar-refractivity contribution is 7.98. The van der Waals surface area contributed by atoms with Gasteiger partial charge < -0.3 is 10.4 Å². The molecule has 2 rings (SSSR count). The number of aliphatic carboxylic acids is 1. The summed E-state index contributed by atoms with van der Waals surface area (Å²) in [6.07, 6.45) is 4.96. The van der Waals surface area contributed by atoms with Crippen LogP contribution in [-0.2, 0) is 4.79 Å². The molecule has 0 spiro atoms. The van der Waals surface area contributed by atoms with Gasteiger partial charge in [0.1, 0.15) is 12.4 Å². The first-order valence-corrected chi connectivity index (χ1v) is 7.62. The molecule has 0 aliphatic rings. The zero-order chi connectivity index (χ0) is 15.4. The number of rotatable bonds is 6. The predicted molar refractivity (Wildman–Crippen MR) is 77.4 cm³/mol. The number of carbonyl (C=O) groups excluding carboxylic acids is 1. The fraction of sp³-hybridized carbons (Fsp3) is 0.417. The summed E-state index contributed by atoms with van der Waals surface area (Å²) in [7, 11) is 0. The number of amides is 1. The number of hydrogen-bond donors (Lipinski definition) is 2. The maximum atomic E-state index is 12.2. The zero-order valence-corrected chi connectivity index (χ0v) is 12.4. The van der Waals surface area contributed by atoms with Crippen molar-refractivity contribution in [2.45, 2.75) is 19.4 Å². The molecule has 0 unspecified atom stereocenters. The number of aryl methyl sites for hydroxylation is 1. The Balaban J connectivity index is 2.20. The number of aromatic nitrogens is 4. The molecule has 0 aliphatic carbocycles. The summed E-state index contributed by atoms with van der Waals surface area (Å²) in [4.78, 5) is 31.3. The van der Waals surface area contributed by atoms with Crippen LogP contribution in [0, 0.1) is 6.92 Å². The van der Waals surface area contributed by atoms with Crippen LogP contribution in [-0.4, -0.2) is 54.6 Å². The predicted octanol–water partition coefficient (Wildman–Crippen LogP) is 0.369. The second-order valence-corrected chi connectivity index (χ2v) is 5.36. The molecule has 2 heterocycles. The summed E-state index contributed by atoms with van der Waals surface area (Å²) < 4.78 is 1.44. The van der Waals surface area contributed by atoms with E-state index >= 15 is 0 Å². The van der Waals surface area contributed by atoms with Crippen molar-refractivity contribution in [3.8, 4) is 0 Å². The average Bonchev–Trinajstić information content (AvgIpc) is 2.92. The Morgan fingerprint density at radius 1 is 1.48 bits per heavy atom. The number of thioether (sulfide) groups is 1. The molecule has 1 atom stereocenters. The number of carboxylic acid groups (broad SMARTS) is 1. The van der Waals surface area contributed by atoms with Gasteiger partial charge in [-0.2, -0.15) is 21.8 Å². The summed E-state index contributed by atoms with van der Waals surface area (Å²) >= 11 is 1.53. The molecule has 0 saturated carbocycles. The maximum absolute atomic E-state index is 12.2. The summed E-state index contributed by atoms with van der Waals surface area (Å²) in [6, 6.07) is -0.921. The Labute approximate surface area is 125 Å². The lowest BCUT2D eigenvalue weighted by Gasteiger charge is -2.14. The van der Waals surface area contributed by atoms with E-state index in [4.69, 9.17) is 5.11 Å². The van der Waals surface area contributed by atoms with Gasteiger partial charge in [-0.3, -0.25) is 4.79 Å². The first-order valence-electron chi connectivity index (χ1n) is 6.22. The molecule has 21 heavy (non-hydrogen) atoms. The second-order valence-electron chi connectivity index (χ2n) is 4.37. The van der Waals surface area contributed by atoms with Gasteiger partial charge in [0.25, 0.3) is 11.7 Å². The SMILES string of the molecule is CSCC[C@@H](NC(=O)c1cnc2ncnn2c1C)C(=O)O. The lowest BCUT2D eigenvalue weighted by atomic mass is 10.2. The van der Waals surface area contributed by atoms with Gasteiger partial charge in [-0.15, -0.1) is 0 Å². The molecule has 1 amide bonds. The van der Waals surface area contributed by atoms with E-state index in [1.165, 1.54) is 28.8 Å². The Morgan fingerprint density at radius 3 is 2.90 bits per heavy atom. The van der Waals surface area contributed by atoms with E-state index in [-0.39, 0.29) is 5.56 Å². The van der Waals surface area contributed by atoms with Gasteiger partial charge in [-0.1, -0.05) is 0 Å². The highest BCUT2D eigenvalue weighted by Gasteiger charge is 2.22. The molecule has 2 aromatic rings. The third kappa shape index (κ3) is 3.30. The van der Waals surface area contributed by atoms with Crippen LogP contribution in [0.3, 0.4) is 0 Å². The molecule has 2 aromatic heterocycles. The first kappa shape index (κ1) is 15.2. The van der Waals surface area contributed by atoms with E-state index in [0.717, 1.165) is 0 Å². The van der Waals surface area contributed by atoms with Crippen LogP contribution in [0.15, 0.2) is 12.5 Å². The van der Waals surface area contributed by atoms with Gasteiger partial charge in [0.2, 0.25) is 0 Å². The number of carbonyl (C=O) groups is 2. The summed E-state index contributed by atoms with van der Waals surface area (Å²) in [5, 5.41) is 15.6. The van der Waals surface area contributed by atoms with E-state index < -0.39 is 17.9 Å². The molecule has 0 saturated heterocycles. The molecular formula is C12H15N5O3S. The average molecular weight is 309 g/mol.